The van der Waals surface area contributed by atoms with Crippen LogP contribution in [-0.4, -0.2) is 66.2 Å². The number of carbonyl (C=O) groups excluding carboxylic acids is 2. The highest BCUT2D eigenvalue weighted by atomic mass is 32.2. The van der Waals surface area contributed by atoms with Gasteiger partial charge in [0.15, 0.2) is 11.5 Å². The molecule has 150 valence electrons. The number of hydrogen-bond acceptors (Lipinski definition) is 8. The fraction of sp³-hybridized carbons (Fsp3) is 0.312. The fourth-order valence-electron chi connectivity index (χ4n) is 2.80. The van der Waals surface area contributed by atoms with Gasteiger partial charge in [-0.05, 0) is 12.1 Å². The summed E-state index contributed by atoms with van der Waals surface area (Å²) in [4.78, 5) is 37.0. The molecule has 0 aliphatic carbocycles. The number of thioether (sulfide) groups is 1. The second kappa shape index (κ2) is 7.72. The summed E-state index contributed by atoms with van der Waals surface area (Å²) in [5.74, 6) is -2.93. The molecule has 0 aromatic heterocycles. The SMILES string of the molecule is CS(=O)(=O)OC1=C(C(=O)O)N2C(=O)C(NC(=O)CNc3ccccc3)[C@@H]2SC1. The number of aliphatic carboxylic acids is 1. The molecule has 1 saturated heterocycles. The normalized spacial score (nSPS) is 21.5. The van der Waals surface area contributed by atoms with Gasteiger partial charge in [-0.1, -0.05) is 18.2 Å². The van der Waals surface area contributed by atoms with Gasteiger partial charge in [-0.25, -0.2) is 4.79 Å². The molecule has 0 spiro atoms. The second-order valence-electron chi connectivity index (χ2n) is 6.04. The van der Waals surface area contributed by atoms with E-state index in [1.54, 1.807) is 12.1 Å². The number of carboxylic acids is 1. The van der Waals surface area contributed by atoms with Crippen LogP contribution in [0.3, 0.4) is 0 Å². The molecule has 0 radical (unpaired) electrons. The van der Waals surface area contributed by atoms with Crippen LogP contribution in [-0.2, 0) is 28.7 Å². The Morgan fingerprint density at radius 2 is 2.00 bits per heavy atom. The number of nitrogens with one attached hydrogen (secondary N) is 2. The summed E-state index contributed by atoms with van der Waals surface area (Å²) in [6, 6.07) is 8.12. The van der Waals surface area contributed by atoms with Crippen molar-refractivity contribution in [2.75, 3.05) is 23.9 Å². The van der Waals surface area contributed by atoms with Gasteiger partial charge in [0.2, 0.25) is 5.91 Å². The zero-order chi connectivity index (χ0) is 20.5. The van der Waals surface area contributed by atoms with E-state index in [1.165, 1.54) is 0 Å². The number of rotatable bonds is 7. The van der Waals surface area contributed by atoms with Crippen LogP contribution in [0.4, 0.5) is 5.69 Å². The van der Waals surface area contributed by atoms with Crippen LogP contribution in [0.25, 0.3) is 0 Å². The van der Waals surface area contributed by atoms with Crippen molar-refractivity contribution >= 4 is 45.4 Å². The van der Waals surface area contributed by atoms with Gasteiger partial charge >= 0.3 is 16.1 Å². The van der Waals surface area contributed by atoms with Crippen LogP contribution in [0.1, 0.15) is 0 Å². The van der Waals surface area contributed by atoms with Gasteiger partial charge in [0, 0.05) is 5.69 Å². The Balaban J connectivity index is 1.66. The third-order valence-electron chi connectivity index (χ3n) is 3.93. The maximum absolute atomic E-state index is 12.4. The molecular formula is C16H17N3O7S2. The highest BCUT2D eigenvalue weighted by Crippen LogP contribution is 2.40. The molecule has 3 rings (SSSR count). The van der Waals surface area contributed by atoms with Gasteiger partial charge in [-0.3, -0.25) is 14.5 Å². The highest BCUT2D eigenvalue weighted by Gasteiger charge is 2.55. The van der Waals surface area contributed by atoms with Crippen LogP contribution in [0.15, 0.2) is 41.8 Å². The lowest BCUT2D eigenvalue weighted by Gasteiger charge is -2.48. The quantitative estimate of drug-likeness (QED) is 0.397. The summed E-state index contributed by atoms with van der Waals surface area (Å²) in [6.07, 6.45) is 0.789. The van der Waals surface area contributed by atoms with Crippen molar-refractivity contribution < 1.29 is 32.1 Å². The van der Waals surface area contributed by atoms with Crippen LogP contribution in [0, 0.1) is 0 Å². The first-order chi connectivity index (χ1) is 13.2. The monoisotopic (exact) mass is 427 g/mol. The predicted molar refractivity (Wildman–Crippen MR) is 101 cm³/mol. The fourth-order valence-corrected chi connectivity index (χ4v) is 4.63. The molecule has 2 amide bonds. The third kappa shape index (κ3) is 4.22. The Kier molecular flexibility index (Phi) is 5.52. The van der Waals surface area contributed by atoms with Gasteiger partial charge < -0.3 is 19.9 Å². The summed E-state index contributed by atoms with van der Waals surface area (Å²) in [6.45, 7) is -0.0603. The second-order valence-corrected chi connectivity index (χ2v) is 8.72. The number of carboxylic acid groups (broad SMARTS) is 1. The average molecular weight is 427 g/mol. The van der Waals surface area contributed by atoms with Crippen molar-refractivity contribution in [3.8, 4) is 0 Å². The van der Waals surface area contributed by atoms with E-state index in [9.17, 15) is 27.9 Å². The number of para-hydroxylation sites is 1. The standard InChI is InChI=1S/C16H17N3O7S2/c1-28(24,25)26-10-8-27-15-12(14(21)19(15)13(10)16(22)23)18-11(20)7-17-9-5-3-2-4-6-9/h2-6,12,15,17H,7-8H2,1H3,(H,18,20)(H,22,23)/t12?,15-/m0/s1. The molecular weight excluding hydrogens is 410 g/mol. The number of carbonyl (C=O) groups is 3. The number of anilines is 1. The van der Waals surface area contributed by atoms with E-state index in [1.807, 2.05) is 18.2 Å². The maximum atomic E-state index is 12.4. The Morgan fingerprint density at radius 3 is 2.61 bits per heavy atom. The summed E-state index contributed by atoms with van der Waals surface area (Å²) in [7, 11) is -3.94. The van der Waals surface area contributed by atoms with E-state index < -0.39 is 45.0 Å². The summed E-state index contributed by atoms with van der Waals surface area (Å²) >= 11 is 1.11. The van der Waals surface area contributed by atoms with Crippen LogP contribution in [0.5, 0.6) is 0 Å². The van der Waals surface area contributed by atoms with Crippen molar-refractivity contribution in [2.24, 2.45) is 0 Å². The van der Waals surface area contributed by atoms with Crippen LogP contribution < -0.4 is 10.6 Å². The number of β-lactam (4-membered cyclic amide) rings is 1. The summed E-state index contributed by atoms with van der Waals surface area (Å²) < 4.78 is 27.4. The van der Waals surface area contributed by atoms with Gasteiger partial charge in [0.05, 0.1) is 18.6 Å². The number of nitrogens with zero attached hydrogens (tertiary/aromatic N) is 1. The van der Waals surface area contributed by atoms with E-state index in [0.717, 1.165) is 28.6 Å². The number of amides is 2. The molecule has 3 N–H and O–H groups in total. The zero-order valence-corrected chi connectivity index (χ0v) is 16.2. The average Bonchev–Trinajstić information content (AvgIpc) is 2.63. The minimum atomic E-state index is -3.94. The minimum absolute atomic E-state index is 0.0578. The zero-order valence-electron chi connectivity index (χ0n) is 14.6. The largest absolute Gasteiger partial charge is 0.476 e. The molecule has 2 atom stereocenters. The topological polar surface area (TPSA) is 142 Å². The molecule has 1 aromatic rings. The van der Waals surface area contributed by atoms with Crippen molar-refractivity contribution in [1.82, 2.24) is 10.2 Å². The molecule has 12 heteroatoms. The summed E-state index contributed by atoms with van der Waals surface area (Å²) in [5, 5.41) is 14.2. The third-order valence-corrected chi connectivity index (χ3v) is 5.69. The van der Waals surface area contributed by atoms with Crippen LogP contribution in [0.2, 0.25) is 0 Å². The number of hydrogen-bond donors (Lipinski definition) is 3. The first-order valence-electron chi connectivity index (χ1n) is 8.06. The molecule has 2 heterocycles. The minimum Gasteiger partial charge on any atom is -0.476 e. The Labute approximate surface area is 165 Å². The lowest BCUT2D eigenvalue weighted by atomic mass is 10.0. The lowest BCUT2D eigenvalue weighted by Crippen LogP contribution is -2.71. The lowest BCUT2D eigenvalue weighted by molar-refractivity contribution is -0.150. The number of fused-ring (bicyclic) bond motifs is 1. The first-order valence-corrected chi connectivity index (χ1v) is 10.9. The molecule has 2 aliphatic rings. The van der Waals surface area contributed by atoms with Gasteiger partial charge in [-0.2, -0.15) is 8.42 Å². The molecule has 10 nitrogen and oxygen atoms in total. The van der Waals surface area contributed by atoms with E-state index in [4.69, 9.17) is 4.18 Å². The van der Waals surface area contributed by atoms with Crippen LogP contribution >= 0.6 is 11.8 Å². The maximum Gasteiger partial charge on any atom is 0.356 e. The molecule has 28 heavy (non-hydrogen) atoms. The predicted octanol–water partition coefficient (Wildman–Crippen LogP) is -0.229. The van der Waals surface area contributed by atoms with E-state index in [0.29, 0.717) is 0 Å². The Hall–Kier alpha value is -2.73. The van der Waals surface area contributed by atoms with Gasteiger partial charge in [-0.15, -0.1) is 11.8 Å². The van der Waals surface area contributed by atoms with Gasteiger partial charge in [0.25, 0.3) is 5.91 Å². The Morgan fingerprint density at radius 1 is 1.32 bits per heavy atom. The first kappa shape index (κ1) is 20.0. The molecule has 1 fully saturated rings. The molecule has 1 unspecified atom stereocenters. The molecule has 1 aromatic carbocycles. The van der Waals surface area contributed by atoms with E-state index in [2.05, 4.69) is 10.6 Å². The highest BCUT2D eigenvalue weighted by molar-refractivity contribution is 8.00. The molecule has 2 aliphatic heterocycles. The summed E-state index contributed by atoms with van der Waals surface area (Å²) in [5.41, 5.74) is 0.219. The number of benzene rings is 1. The van der Waals surface area contributed by atoms with Gasteiger partial charge in [0.1, 0.15) is 11.4 Å². The van der Waals surface area contributed by atoms with E-state index >= 15 is 0 Å². The van der Waals surface area contributed by atoms with Crippen molar-refractivity contribution in [1.29, 1.82) is 0 Å². The van der Waals surface area contributed by atoms with E-state index in [-0.39, 0.29) is 18.1 Å². The van der Waals surface area contributed by atoms with Crippen molar-refractivity contribution in [3.63, 3.8) is 0 Å². The molecule has 0 bridgehead atoms. The smallest absolute Gasteiger partial charge is 0.356 e. The Bertz CT molecular complexity index is 946. The van der Waals surface area contributed by atoms with Crippen molar-refractivity contribution in [2.45, 2.75) is 11.4 Å². The van der Waals surface area contributed by atoms with Crippen molar-refractivity contribution in [3.05, 3.63) is 41.8 Å². The molecule has 0 saturated carbocycles.